The summed E-state index contributed by atoms with van der Waals surface area (Å²) in [6.07, 6.45) is 0.837. The summed E-state index contributed by atoms with van der Waals surface area (Å²) in [5, 5.41) is 0. The normalized spacial score (nSPS) is 17.1. The Morgan fingerprint density at radius 1 is 1.22 bits per heavy atom. The average Bonchev–Trinajstić information content (AvgIpc) is 2.26. The SMILES string of the molecule is CC(C)N1CCc2c(F)cc(C(C)(C)C)cc2C1. The van der Waals surface area contributed by atoms with Gasteiger partial charge in [0, 0.05) is 19.1 Å². The van der Waals surface area contributed by atoms with Crippen molar-refractivity contribution in [2.75, 3.05) is 6.54 Å². The Bertz CT molecular complexity index is 443. The summed E-state index contributed by atoms with van der Waals surface area (Å²) in [4.78, 5) is 2.41. The van der Waals surface area contributed by atoms with E-state index < -0.39 is 0 Å². The molecule has 0 unspecified atom stereocenters. The second-order valence-electron chi connectivity index (χ2n) is 6.66. The highest BCUT2D eigenvalue weighted by Crippen LogP contribution is 2.30. The van der Waals surface area contributed by atoms with Crippen LogP contribution >= 0.6 is 0 Å². The van der Waals surface area contributed by atoms with Gasteiger partial charge >= 0.3 is 0 Å². The van der Waals surface area contributed by atoms with Gasteiger partial charge in [0.25, 0.3) is 0 Å². The molecule has 18 heavy (non-hydrogen) atoms. The van der Waals surface area contributed by atoms with E-state index in [0.717, 1.165) is 30.6 Å². The second-order valence-corrected chi connectivity index (χ2v) is 6.66. The molecule has 0 N–H and O–H groups in total. The van der Waals surface area contributed by atoms with Crippen LogP contribution in [0.1, 0.15) is 51.3 Å². The third-order valence-electron chi connectivity index (χ3n) is 3.91. The standard InChI is InChI=1S/C16H24FN/c1-11(2)18-7-6-14-12(10-18)8-13(9-15(14)17)16(3,4)5/h8-9,11H,6-7,10H2,1-5H3. The van der Waals surface area contributed by atoms with Crippen molar-refractivity contribution >= 4 is 0 Å². The van der Waals surface area contributed by atoms with E-state index >= 15 is 0 Å². The number of hydrogen-bond donors (Lipinski definition) is 0. The van der Waals surface area contributed by atoms with Gasteiger partial charge in [-0.2, -0.15) is 0 Å². The molecule has 1 aromatic rings. The molecule has 0 spiro atoms. The van der Waals surface area contributed by atoms with Gasteiger partial charge in [-0.1, -0.05) is 26.8 Å². The van der Waals surface area contributed by atoms with Crippen LogP contribution in [0.25, 0.3) is 0 Å². The smallest absolute Gasteiger partial charge is 0.127 e. The highest BCUT2D eigenvalue weighted by Gasteiger charge is 2.24. The van der Waals surface area contributed by atoms with Crippen LogP contribution in [-0.4, -0.2) is 17.5 Å². The summed E-state index contributed by atoms with van der Waals surface area (Å²) in [7, 11) is 0. The fraction of sp³-hybridized carbons (Fsp3) is 0.625. The van der Waals surface area contributed by atoms with Crippen LogP contribution in [0.5, 0.6) is 0 Å². The lowest BCUT2D eigenvalue weighted by Gasteiger charge is -2.33. The van der Waals surface area contributed by atoms with E-state index in [1.807, 2.05) is 0 Å². The fourth-order valence-electron chi connectivity index (χ4n) is 2.54. The maximum absolute atomic E-state index is 14.2. The second kappa shape index (κ2) is 4.65. The quantitative estimate of drug-likeness (QED) is 0.730. The van der Waals surface area contributed by atoms with E-state index in [-0.39, 0.29) is 11.2 Å². The van der Waals surface area contributed by atoms with E-state index in [9.17, 15) is 4.39 Å². The van der Waals surface area contributed by atoms with Crippen molar-refractivity contribution in [3.63, 3.8) is 0 Å². The Balaban J connectivity index is 2.40. The van der Waals surface area contributed by atoms with Crippen LogP contribution in [0.2, 0.25) is 0 Å². The third-order valence-corrected chi connectivity index (χ3v) is 3.91. The first-order valence-electron chi connectivity index (χ1n) is 6.85. The molecule has 100 valence electrons. The first kappa shape index (κ1) is 13.5. The molecule has 2 heteroatoms. The zero-order valence-corrected chi connectivity index (χ0v) is 12.2. The Kier molecular flexibility index (Phi) is 3.50. The minimum Gasteiger partial charge on any atom is -0.296 e. The van der Waals surface area contributed by atoms with Crippen molar-refractivity contribution in [1.82, 2.24) is 4.90 Å². The van der Waals surface area contributed by atoms with E-state index in [2.05, 4.69) is 45.6 Å². The number of fused-ring (bicyclic) bond motifs is 1. The van der Waals surface area contributed by atoms with Crippen molar-refractivity contribution in [3.8, 4) is 0 Å². The molecule has 0 atom stereocenters. The molecule has 0 amide bonds. The molecule has 0 saturated carbocycles. The Morgan fingerprint density at radius 2 is 1.89 bits per heavy atom. The maximum Gasteiger partial charge on any atom is 0.127 e. The van der Waals surface area contributed by atoms with Gasteiger partial charge in [-0.05, 0) is 48.4 Å². The van der Waals surface area contributed by atoms with Crippen LogP contribution in [-0.2, 0) is 18.4 Å². The summed E-state index contributed by atoms with van der Waals surface area (Å²) >= 11 is 0. The van der Waals surface area contributed by atoms with E-state index in [0.29, 0.717) is 6.04 Å². The van der Waals surface area contributed by atoms with Crippen LogP contribution < -0.4 is 0 Å². The Hall–Kier alpha value is -0.890. The molecule has 2 rings (SSSR count). The van der Waals surface area contributed by atoms with Gasteiger partial charge in [0.05, 0.1) is 0 Å². The van der Waals surface area contributed by atoms with Gasteiger partial charge in [-0.15, -0.1) is 0 Å². The van der Waals surface area contributed by atoms with Crippen molar-refractivity contribution in [1.29, 1.82) is 0 Å². The molecular weight excluding hydrogens is 225 g/mol. The van der Waals surface area contributed by atoms with Gasteiger partial charge in [0.1, 0.15) is 5.82 Å². The molecule has 0 fully saturated rings. The van der Waals surface area contributed by atoms with Crippen LogP contribution in [0.15, 0.2) is 12.1 Å². The monoisotopic (exact) mass is 249 g/mol. The largest absolute Gasteiger partial charge is 0.296 e. The number of nitrogens with zero attached hydrogens (tertiary/aromatic N) is 1. The number of halogens is 1. The summed E-state index contributed by atoms with van der Waals surface area (Å²) in [5.74, 6) is -0.0131. The first-order chi connectivity index (χ1) is 8.29. The fourth-order valence-corrected chi connectivity index (χ4v) is 2.54. The molecule has 0 saturated heterocycles. The van der Waals surface area contributed by atoms with E-state index in [1.54, 1.807) is 6.07 Å². The highest BCUT2D eigenvalue weighted by molar-refractivity contribution is 5.38. The molecular formula is C16H24FN. The predicted molar refractivity (Wildman–Crippen MR) is 74.4 cm³/mol. The van der Waals surface area contributed by atoms with Crippen molar-refractivity contribution in [2.24, 2.45) is 0 Å². The lowest BCUT2D eigenvalue weighted by atomic mass is 9.83. The van der Waals surface area contributed by atoms with Crippen molar-refractivity contribution in [2.45, 2.75) is 59.0 Å². The maximum atomic E-state index is 14.2. The molecule has 0 aliphatic carbocycles. The van der Waals surface area contributed by atoms with Crippen LogP contribution in [0, 0.1) is 5.82 Å². The molecule has 1 nitrogen and oxygen atoms in total. The topological polar surface area (TPSA) is 3.24 Å². The summed E-state index contributed by atoms with van der Waals surface area (Å²) in [6, 6.07) is 4.45. The van der Waals surface area contributed by atoms with E-state index in [1.165, 1.54) is 5.56 Å². The molecule has 1 aliphatic rings. The van der Waals surface area contributed by atoms with Crippen LogP contribution in [0.4, 0.5) is 4.39 Å². The minimum atomic E-state index is -0.0131. The van der Waals surface area contributed by atoms with Gasteiger partial charge in [-0.25, -0.2) is 4.39 Å². The number of rotatable bonds is 1. The number of hydrogen-bond acceptors (Lipinski definition) is 1. The van der Waals surface area contributed by atoms with Gasteiger partial charge in [0.15, 0.2) is 0 Å². The lowest BCUT2D eigenvalue weighted by molar-refractivity contribution is 0.201. The van der Waals surface area contributed by atoms with Crippen LogP contribution in [0.3, 0.4) is 0 Å². The Morgan fingerprint density at radius 3 is 2.44 bits per heavy atom. The molecule has 0 bridgehead atoms. The van der Waals surface area contributed by atoms with Crippen molar-refractivity contribution < 1.29 is 4.39 Å². The van der Waals surface area contributed by atoms with Gasteiger partial charge in [-0.3, -0.25) is 4.90 Å². The zero-order chi connectivity index (χ0) is 13.5. The molecule has 1 aromatic carbocycles. The van der Waals surface area contributed by atoms with Crippen molar-refractivity contribution in [3.05, 3.63) is 34.6 Å². The first-order valence-corrected chi connectivity index (χ1v) is 6.85. The summed E-state index contributed by atoms with van der Waals surface area (Å²) < 4.78 is 14.2. The summed E-state index contributed by atoms with van der Waals surface area (Å²) in [5.41, 5.74) is 3.22. The number of benzene rings is 1. The average molecular weight is 249 g/mol. The summed E-state index contributed by atoms with van der Waals surface area (Å²) in [6.45, 7) is 12.7. The molecule has 1 heterocycles. The Labute approximate surface area is 110 Å². The minimum absolute atomic E-state index is 0.00990. The molecule has 1 aliphatic heterocycles. The zero-order valence-electron chi connectivity index (χ0n) is 12.2. The lowest BCUT2D eigenvalue weighted by Crippen LogP contribution is -2.36. The third kappa shape index (κ3) is 2.59. The van der Waals surface area contributed by atoms with Gasteiger partial charge < -0.3 is 0 Å². The van der Waals surface area contributed by atoms with Gasteiger partial charge in [0.2, 0.25) is 0 Å². The van der Waals surface area contributed by atoms with E-state index in [4.69, 9.17) is 0 Å². The molecule has 0 radical (unpaired) electrons. The predicted octanol–water partition coefficient (Wildman–Crippen LogP) is 3.89. The highest BCUT2D eigenvalue weighted by atomic mass is 19.1. The molecule has 0 aromatic heterocycles.